The Morgan fingerprint density at radius 2 is 2.12 bits per heavy atom. The molecule has 2 aliphatic heterocycles. The second kappa shape index (κ2) is 4.39. The second-order valence-corrected chi connectivity index (χ2v) is 4.46. The maximum absolute atomic E-state index is 5.36. The highest BCUT2D eigenvalue weighted by Crippen LogP contribution is 2.20. The van der Waals surface area contributed by atoms with Crippen LogP contribution in [0.25, 0.3) is 0 Å². The van der Waals surface area contributed by atoms with Crippen LogP contribution in [0, 0.1) is 0 Å². The summed E-state index contributed by atoms with van der Waals surface area (Å²) in [5.74, 6) is 0.996. The monoisotopic (exact) mass is 219 g/mol. The Bertz CT molecular complexity index is 375. The Balaban J connectivity index is 1.69. The van der Waals surface area contributed by atoms with Crippen molar-refractivity contribution in [2.75, 3.05) is 18.4 Å². The van der Waals surface area contributed by atoms with Gasteiger partial charge in [-0.25, -0.2) is 4.98 Å². The minimum atomic E-state index is 0.564. The van der Waals surface area contributed by atoms with E-state index in [1.54, 1.807) is 0 Å². The van der Waals surface area contributed by atoms with Crippen LogP contribution in [0.1, 0.15) is 24.1 Å². The topological polar surface area (TPSA) is 46.2 Å². The molecule has 0 unspecified atom stereocenters. The lowest BCUT2D eigenvalue weighted by Gasteiger charge is -2.24. The second-order valence-electron chi connectivity index (χ2n) is 4.46. The lowest BCUT2D eigenvalue weighted by molar-refractivity contribution is 0.133. The minimum absolute atomic E-state index is 0.564. The van der Waals surface area contributed by atoms with Crippen LogP contribution in [0.5, 0.6) is 0 Å². The molecule has 0 amide bonds. The zero-order valence-electron chi connectivity index (χ0n) is 9.33. The third-order valence-electron chi connectivity index (χ3n) is 3.26. The smallest absolute Gasteiger partial charge is 0.126 e. The zero-order chi connectivity index (χ0) is 10.8. The number of nitrogens with one attached hydrogen (secondary N) is 2. The zero-order valence-corrected chi connectivity index (χ0v) is 9.33. The molecule has 2 aliphatic rings. The number of fused-ring (bicyclic) bond motifs is 1. The van der Waals surface area contributed by atoms with Crippen molar-refractivity contribution in [2.24, 2.45) is 0 Å². The van der Waals surface area contributed by atoms with Crippen molar-refractivity contribution in [3.8, 4) is 0 Å². The molecule has 3 heterocycles. The molecule has 0 atom stereocenters. The van der Waals surface area contributed by atoms with Crippen LogP contribution < -0.4 is 10.6 Å². The summed E-state index contributed by atoms with van der Waals surface area (Å²) in [6.07, 6.45) is 2.35. The number of anilines is 1. The molecule has 4 heteroatoms. The van der Waals surface area contributed by atoms with Crippen LogP contribution in [-0.4, -0.2) is 24.1 Å². The van der Waals surface area contributed by atoms with Gasteiger partial charge in [0.15, 0.2) is 0 Å². The molecule has 0 saturated carbocycles. The molecule has 0 spiro atoms. The standard InChI is InChI=1S/C12H17N3O/c1-2-12(14-10-3-5-13-6-4-10)15-11-8-16-7-9(1)11/h1-2,10,13H,3-8H2,(H,14,15). The average molecular weight is 219 g/mol. The Hall–Kier alpha value is -1.13. The van der Waals surface area contributed by atoms with Crippen molar-refractivity contribution in [1.29, 1.82) is 0 Å². The summed E-state index contributed by atoms with van der Waals surface area (Å²) in [6.45, 7) is 3.59. The summed E-state index contributed by atoms with van der Waals surface area (Å²) in [7, 11) is 0. The summed E-state index contributed by atoms with van der Waals surface area (Å²) in [5, 5.41) is 6.87. The fourth-order valence-corrected chi connectivity index (χ4v) is 2.30. The van der Waals surface area contributed by atoms with E-state index < -0.39 is 0 Å². The van der Waals surface area contributed by atoms with Crippen LogP contribution in [0.15, 0.2) is 12.1 Å². The van der Waals surface area contributed by atoms with Crippen LogP contribution in [0.3, 0.4) is 0 Å². The van der Waals surface area contributed by atoms with Crippen LogP contribution >= 0.6 is 0 Å². The van der Waals surface area contributed by atoms with Gasteiger partial charge in [-0.3, -0.25) is 0 Å². The molecule has 0 bridgehead atoms. The highest BCUT2D eigenvalue weighted by Gasteiger charge is 2.16. The van der Waals surface area contributed by atoms with Crippen molar-refractivity contribution < 1.29 is 4.74 Å². The Morgan fingerprint density at radius 3 is 3.00 bits per heavy atom. The fourth-order valence-electron chi connectivity index (χ4n) is 2.30. The lowest BCUT2D eigenvalue weighted by atomic mass is 10.1. The molecule has 3 rings (SSSR count). The van der Waals surface area contributed by atoms with Gasteiger partial charge in [-0.05, 0) is 32.0 Å². The third-order valence-corrected chi connectivity index (χ3v) is 3.26. The van der Waals surface area contributed by atoms with E-state index in [0.29, 0.717) is 12.6 Å². The molecule has 1 saturated heterocycles. The van der Waals surface area contributed by atoms with E-state index in [4.69, 9.17) is 4.74 Å². The van der Waals surface area contributed by atoms with E-state index in [0.717, 1.165) is 31.2 Å². The number of ether oxygens (including phenoxy) is 1. The van der Waals surface area contributed by atoms with Gasteiger partial charge in [0.05, 0.1) is 18.9 Å². The third kappa shape index (κ3) is 2.03. The van der Waals surface area contributed by atoms with Gasteiger partial charge in [0.25, 0.3) is 0 Å². The number of rotatable bonds is 2. The summed E-state index contributed by atoms with van der Waals surface area (Å²) < 4.78 is 5.36. The van der Waals surface area contributed by atoms with Crippen molar-refractivity contribution in [3.05, 3.63) is 23.4 Å². The van der Waals surface area contributed by atoms with Crippen molar-refractivity contribution in [1.82, 2.24) is 10.3 Å². The number of piperidine rings is 1. The van der Waals surface area contributed by atoms with Crippen molar-refractivity contribution in [2.45, 2.75) is 32.1 Å². The molecule has 1 aromatic rings. The van der Waals surface area contributed by atoms with Crippen LogP contribution in [0.2, 0.25) is 0 Å². The van der Waals surface area contributed by atoms with E-state index >= 15 is 0 Å². The van der Waals surface area contributed by atoms with Gasteiger partial charge in [0, 0.05) is 11.6 Å². The van der Waals surface area contributed by atoms with E-state index in [-0.39, 0.29) is 0 Å². The SMILES string of the molecule is c1cc2c(nc1NC1CCNCC1)COC2. The highest BCUT2D eigenvalue weighted by atomic mass is 16.5. The predicted molar refractivity (Wildman–Crippen MR) is 62.2 cm³/mol. The molecule has 1 aromatic heterocycles. The molecule has 86 valence electrons. The Labute approximate surface area is 95.4 Å². The summed E-state index contributed by atoms with van der Waals surface area (Å²) in [5.41, 5.74) is 2.33. The molecule has 0 aromatic carbocycles. The Kier molecular flexibility index (Phi) is 2.76. The van der Waals surface area contributed by atoms with Crippen molar-refractivity contribution in [3.63, 3.8) is 0 Å². The first-order valence-corrected chi connectivity index (χ1v) is 5.95. The van der Waals surface area contributed by atoms with Gasteiger partial charge < -0.3 is 15.4 Å². The van der Waals surface area contributed by atoms with Gasteiger partial charge in [-0.1, -0.05) is 6.07 Å². The molecule has 16 heavy (non-hydrogen) atoms. The number of hydrogen-bond acceptors (Lipinski definition) is 4. The van der Waals surface area contributed by atoms with Crippen LogP contribution in [-0.2, 0) is 18.0 Å². The van der Waals surface area contributed by atoms with E-state index in [9.17, 15) is 0 Å². The maximum atomic E-state index is 5.36. The molecular formula is C12H17N3O. The quantitative estimate of drug-likeness (QED) is 0.786. The molecule has 0 aliphatic carbocycles. The molecule has 0 radical (unpaired) electrons. The minimum Gasteiger partial charge on any atom is -0.370 e. The van der Waals surface area contributed by atoms with Crippen LogP contribution in [0.4, 0.5) is 5.82 Å². The highest BCUT2D eigenvalue weighted by molar-refractivity contribution is 5.40. The number of nitrogens with zero attached hydrogens (tertiary/aromatic N) is 1. The first kappa shape index (κ1) is 10.1. The van der Waals surface area contributed by atoms with Crippen molar-refractivity contribution >= 4 is 5.82 Å². The molecular weight excluding hydrogens is 202 g/mol. The summed E-state index contributed by atoms with van der Waals surface area (Å²) >= 11 is 0. The van der Waals surface area contributed by atoms with Gasteiger partial charge in [-0.15, -0.1) is 0 Å². The van der Waals surface area contributed by atoms with E-state index in [2.05, 4.69) is 27.8 Å². The predicted octanol–water partition coefficient (Wildman–Crippen LogP) is 1.28. The van der Waals surface area contributed by atoms with Gasteiger partial charge in [-0.2, -0.15) is 0 Å². The lowest BCUT2D eigenvalue weighted by Crippen LogP contribution is -2.35. The molecule has 2 N–H and O–H groups in total. The van der Waals surface area contributed by atoms with E-state index in [1.165, 1.54) is 18.4 Å². The van der Waals surface area contributed by atoms with Gasteiger partial charge in [0.1, 0.15) is 5.82 Å². The number of hydrogen-bond donors (Lipinski definition) is 2. The van der Waals surface area contributed by atoms with E-state index in [1.807, 2.05) is 0 Å². The van der Waals surface area contributed by atoms with Gasteiger partial charge in [0.2, 0.25) is 0 Å². The number of pyridine rings is 1. The van der Waals surface area contributed by atoms with Gasteiger partial charge >= 0.3 is 0 Å². The summed E-state index contributed by atoms with van der Waals surface area (Å²) in [6, 6.07) is 4.75. The molecule has 4 nitrogen and oxygen atoms in total. The maximum Gasteiger partial charge on any atom is 0.126 e. The summed E-state index contributed by atoms with van der Waals surface area (Å²) in [4.78, 5) is 4.59. The fraction of sp³-hybridized carbons (Fsp3) is 0.583. The molecule has 1 fully saturated rings. The largest absolute Gasteiger partial charge is 0.370 e. The normalized spacial score (nSPS) is 20.8. The first-order valence-electron chi connectivity index (χ1n) is 5.95. The Morgan fingerprint density at radius 1 is 1.25 bits per heavy atom. The average Bonchev–Trinajstić information content (AvgIpc) is 2.77. The first-order chi connectivity index (χ1) is 7.92. The number of aromatic nitrogens is 1.